The summed E-state index contributed by atoms with van der Waals surface area (Å²) in [5.74, 6) is 1.42. The second kappa shape index (κ2) is 11.1. The number of pyridine rings is 1. The third-order valence-corrected chi connectivity index (χ3v) is 5.43. The van der Waals surface area contributed by atoms with Crippen LogP contribution in [0.25, 0.3) is 10.8 Å². The van der Waals surface area contributed by atoms with Crippen LogP contribution in [0.2, 0.25) is 0 Å². The Labute approximate surface area is 198 Å². The maximum Gasteiger partial charge on any atom is 0.410 e. The topological polar surface area (TPSA) is 97.6 Å². The van der Waals surface area contributed by atoms with Gasteiger partial charge in [-0.25, -0.2) is 9.78 Å². The molecule has 33 heavy (non-hydrogen) atoms. The highest BCUT2D eigenvalue weighted by Gasteiger charge is 2.22. The standard InChI is InChI=1S/C24H30N4O4S/c1-17-8-9-20(31-17)22-27-19(16-33-22)13-21(29)26-11-6-12-28(23(30)32-24(2,3)4)15-18-7-5-10-25-14-18/h5,7-10,14,16H,6,11-13,15H2,1-4H3,(H,26,29). The smallest absolute Gasteiger partial charge is 0.410 e. The molecule has 0 fully saturated rings. The third kappa shape index (κ3) is 8.02. The van der Waals surface area contributed by atoms with Crippen molar-refractivity contribution in [3.63, 3.8) is 0 Å². The van der Waals surface area contributed by atoms with Crippen LogP contribution in [0.4, 0.5) is 4.79 Å². The van der Waals surface area contributed by atoms with Crippen LogP contribution in [0.5, 0.6) is 0 Å². The minimum Gasteiger partial charge on any atom is -0.459 e. The maximum atomic E-state index is 12.6. The highest BCUT2D eigenvalue weighted by Crippen LogP contribution is 2.25. The van der Waals surface area contributed by atoms with Gasteiger partial charge in [0.25, 0.3) is 0 Å². The number of carbonyl (C=O) groups is 2. The number of thiazole rings is 1. The molecule has 0 radical (unpaired) electrons. The van der Waals surface area contributed by atoms with Crippen LogP contribution in [-0.4, -0.2) is 45.6 Å². The van der Waals surface area contributed by atoms with Gasteiger partial charge in [0.2, 0.25) is 5.91 Å². The lowest BCUT2D eigenvalue weighted by Gasteiger charge is -2.27. The van der Waals surface area contributed by atoms with Crippen LogP contribution < -0.4 is 5.32 Å². The predicted molar refractivity (Wildman–Crippen MR) is 127 cm³/mol. The lowest BCUT2D eigenvalue weighted by atomic mass is 10.2. The van der Waals surface area contributed by atoms with Gasteiger partial charge < -0.3 is 19.4 Å². The van der Waals surface area contributed by atoms with Crippen molar-refractivity contribution >= 4 is 23.3 Å². The van der Waals surface area contributed by atoms with Gasteiger partial charge >= 0.3 is 6.09 Å². The summed E-state index contributed by atoms with van der Waals surface area (Å²) in [5, 5.41) is 5.53. The van der Waals surface area contributed by atoms with Gasteiger partial charge in [-0.1, -0.05) is 6.07 Å². The second-order valence-corrected chi connectivity index (χ2v) is 9.56. The van der Waals surface area contributed by atoms with Crippen molar-refractivity contribution in [2.45, 2.75) is 52.7 Å². The Balaban J connectivity index is 1.47. The summed E-state index contributed by atoms with van der Waals surface area (Å²) in [6, 6.07) is 7.51. The summed E-state index contributed by atoms with van der Waals surface area (Å²) in [5.41, 5.74) is 1.03. The molecular formula is C24H30N4O4S. The first-order valence-electron chi connectivity index (χ1n) is 10.8. The van der Waals surface area contributed by atoms with Crippen LogP contribution in [0.1, 0.15) is 44.2 Å². The summed E-state index contributed by atoms with van der Waals surface area (Å²) in [4.78, 5) is 35.2. The molecule has 0 bridgehead atoms. The van der Waals surface area contributed by atoms with Gasteiger partial charge in [-0.15, -0.1) is 11.3 Å². The van der Waals surface area contributed by atoms with Crippen molar-refractivity contribution in [3.05, 3.63) is 59.1 Å². The molecule has 0 spiro atoms. The molecule has 176 valence electrons. The highest BCUT2D eigenvalue weighted by molar-refractivity contribution is 7.13. The molecule has 0 saturated heterocycles. The monoisotopic (exact) mass is 470 g/mol. The molecule has 0 atom stereocenters. The molecule has 0 saturated carbocycles. The largest absolute Gasteiger partial charge is 0.459 e. The summed E-state index contributed by atoms with van der Waals surface area (Å²) in [6.45, 7) is 8.68. The number of nitrogens with one attached hydrogen (secondary N) is 1. The lowest BCUT2D eigenvalue weighted by Crippen LogP contribution is -2.38. The van der Waals surface area contributed by atoms with Crippen LogP contribution in [-0.2, 0) is 22.5 Å². The highest BCUT2D eigenvalue weighted by atomic mass is 32.1. The van der Waals surface area contributed by atoms with Crippen LogP contribution >= 0.6 is 11.3 Å². The van der Waals surface area contributed by atoms with E-state index in [2.05, 4.69) is 15.3 Å². The number of rotatable bonds is 9. The number of amides is 2. The molecule has 2 amide bonds. The van der Waals surface area contributed by atoms with Crippen molar-refractivity contribution in [2.75, 3.05) is 13.1 Å². The van der Waals surface area contributed by atoms with Crippen LogP contribution in [0.3, 0.4) is 0 Å². The van der Waals surface area contributed by atoms with E-state index in [9.17, 15) is 9.59 Å². The lowest BCUT2D eigenvalue weighted by molar-refractivity contribution is -0.120. The Morgan fingerprint density at radius 3 is 2.73 bits per heavy atom. The van der Waals surface area contributed by atoms with Gasteiger partial charge in [-0.05, 0) is 57.9 Å². The minimum atomic E-state index is -0.584. The molecule has 0 aromatic carbocycles. The number of furan rings is 1. The number of aromatic nitrogens is 2. The Kier molecular flexibility index (Phi) is 8.21. The van der Waals surface area contributed by atoms with Crippen molar-refractivity contribution in [3.8, 4) is 10.8 Å². The number of ether oxygens (including phenoxy) is 1. The average molecular weight is 471 g/mol. The molecule has 8 nitrogen and oxygen atoms in total. The van der Waals surface area contributed by atoms with Crippen molar-refractivity contribution in [1.29, 1.82) is 0 Å². The van der Waals surface area contributed by atoms with E-state index in [1.54, 1.807) is 17.3 Å². The van der Waals surface area contributed by atoms with Crippen molar-refractivity contribution in [1.82, 2.24) is 20.2 Å². The zero-order valence-electron chi connectivity index (χ0n) is 19.5. The fourth-order valence-electron chi connectivity index (χ4n) is 3.05. The molecule has 0 unspecified atom stereocenters. The Morgan fingerprint density at radius 2 is 2.06 bits per heavy atom. The number of hydrogen-bond donors (Lipinski definition) is 1. The van der Waals surface area contributed by atoms with Gasteiger partial charge in [0.1, 0.15) is 11.4 Å². The predicted octanol–water partition coefficient (Wildman–Crippen LogP) is 4.59. The number of carbonyl (C=O) groups excluding carboxylic acids is 2. The van der Waals surface area contributed by atoms with Gasteiger partial charge in [-0.3, -0.25) is 9.78 Å². The molecule has 0 aliphatic carbocycles. The molecule has 3 heterocycles. The Bertz CT molecular complexity index is 1060. The normalized spacial score (nSPS) is 11.3. The van der Waals surface area contributed by atoms with Gasteiger partial charge in [0.05, 0.1) is 18.7 Å². The third-order valence-electron chi connectivity index (χ3n) is 4.52. The molecule has 3 rings (SSSR count). The van der Waals surface area contributed by atoms with Crippen LogP contribution in [0, 0.1) is 6.92 Å². The molecule has 0 aliphatic rings. The fraction of sp³-hybridized carbons (Fsp3) is 0.417. The summed E-state index contributed by atoms with van der Waals surface area (Å²) < 4.78 is 11.1. The first-order chi connectivity index (χ1) is 15.7. The molecule has 0 aliphatic heterocycles. The maximum absolute atomic E-state index is 12.6. The van der Waals surface area contributed by atoms with Gasteiger partial charge in [0, 0.05) is 30.9 Å². The quantitative estimate of drug-likeness (QED) is 0.459. The van der Waals surface area contributed by atoms with E-state index in [4.69, 9.17) is 9.15 Å². The van der Waals surface area contributed by atoms with Crippen molar-refractivity contribution in [2.24, 2.45) is 0 Å². The molecule has 9 heteroatoms. The zero-order chi connectivity index (χ0) is 23.8. The first kappa shape index (κ1) is 24.4. The van der Waals surface area contributed by atoms with Crippen LogP contribution in [0.15, 0.2) is 46.5 Å². The summed E-state index contributed by atoms with van der Waals surface area (Å²) >= 11 is 1.45. The van der Waals surface area contributed by atoms with E-state index >= 15 is 0 Å². The Hall–Kier alpha value is -3.20. The Morgan fingerprint density at radius 1 is 1.24 bits per heavy atom. The number of hydrogen-bond acceptors (Lipinski definition) is 7. The van der Waals surface area contributed by atoms with Crippen molar-refractivity contribution < 1.29 is 18.7 Å². The van der Waals surface area contributed by atoms with Gasteiger partial charge in [-0.2, -0.15) is 0 Å². The number of aryl methyl sites for hydroxylation is 1. The molecule has 1 N–H and O–H groups in total. The summed E-state index contributed by atoms with van der Waals surface area (Å²) in [7, 11) is 0. The van der Waals surface area contributed by atoms with E-state index in [1.807, 2.05) is 57.3 Å². The minimum absolute atomic E-state index is 0.112. The van der Waals surface area contributed by atoms with E-state index in [1.165, 1.54) is 11.3 Å². The van der Waals surface area contributed by atoms with E-state index in [0.29, 0.717) is 37.5 Å². The van der Waals surface area contributed by atoms with Gasteiger partial charge in [0.15, 0.2) is 10.8 Å². The van der Waals surface area contributed by atoms with E-state index in [-0.39, 0.29) is 18.4 Å². The average Bonchev–Trinajstić information content (AvgIpc) is 3.38. The first-order valence-corrected chi connectivity index (χ1v) is 11.7. The second-order valence-electron chi connectivity index (χ2n) is 8.70. The molecule has 3 aromatic heterocycles. The zero-order valence-corrected chi connectivity index (χ0v) is 20.3. The van der Waals surface area contributed by atoms with E-state index in [0.717, 1.165) is 16.3 Å². The summed E-state index contributed by atoms with van der Waals surface area (Å²) in [6.07, 6.45) is 3.82. The molecular weight excluding hydrogens is 440 g/mol. The van der Waals surface area contributed by atoms with E-state index < -0.39 is 5.60 Å². The number of nitrogens with zero attached hydrogens (tertiary/aromatic N) is 3. The molecule has 3 aromatic rings. The fourth-order valence-corrected chi connectivity index (χ4v) is 3.83. The SMILES string of the molecule is Cc1ccc(-c2nc(CC(=O)NCCCN(Cc3cccnc3)C(=O)OC(C)(C)C)cs2)o1.